The number of benzene rings is 1. The minimum absolute atomic E-state index is 0.0323. The highest BCUT2D eigenvalue weighted by Crippen LogP contribution is 2.39. The zero-order chi connectivity index (χ0) is 19.2. The van der Waals surface area contributed by atoms with E-state index >= 15 is 0 Å². The topological polar surface area (TPSA) is 67.9 Å². The molecule has 2 amide bonds. The van der Waals surface area contributed by atoms with Gasteiger partial charge in [0.25, 0.3) is 5.91 Å². The van der Waals surface area contributed by atoms with E-state index < -0.39 is 0 Å². The van der Waals surface area contributed by atoms with Gasteiger partial charge in [-0.25, -0.2) is 0 Å². The highest BCUT2D eigenvalue weighted by Gasteiger charge is 2.31. The van der Waals surface area contributed by atoms with Crippen LogP contribution in [-0.2, 0) is 4.79 Å². The van der Waals surface area contributed by atoms with Gasteiger partial charge in [0.15, 0.2) is 0 Å². The van der Waals surface area contributed by atoms with E-state index in [1.807, 2.05) is 28.5 Å². The third-order valence-corrected chi connectivity index (χ3v) is 5.46. The molecule has 1 aliphatic heterocycles. The Kier molecular flexibility index (Phi) is 6.34. The zero-order valence-electron chi connectivity index (χ0n) is 15.6. The van der Waals surface area contributed by atoms with Crippen molar-refractivity contribution in [3.05, 3.63) is 46.2 Å². The molecule has 27 heavy (non-hydrogen) atoms. The number of nitrogens with one attached hydrogen (secondary N) is 1. The van der Waals surface area contributed by atoms with Gasteiger partial charge in [-0.05, 0) is 42.5 Å². The van der Waals surface area contributed by atoms with Crippen LogP contribution in [0.1, 0.15) is 41.2 Å². The number of carbonyl (C=O) groups is 2. The van der Waals surface area contributed by atoms with Gasteiger partial charge in [0.05, 0.1) is 20.3 Å². The second-order valence-corrected chi connectivity index (χ2v) is 7.15. The molecule has 0 bridgehead atoms. The number of amides is 2. The van der Waals surface area contributed by atoms with Gasteiger partial charge in [0.2, 0.25) is 5.91 Å². The van der Waals surface area contributed by atoms with Gasteiger partial charge in [0, 0.05) is 36.0 Å². The lowest BCUT2D eigenvalue weighted by molar-refractivity contribution is -0.132. The summed E-state index contributed by atoms with van der Waals surface area (Å²) in [5.74, 6) is 1.39. The molecule has 1 saturated heterocycles. The lowest BCUT2D eigenvalue weighted by Crippen LogP contribution is -2.34. The molecule has 1 fully saturated rings. The molecule has 1 atom stereocenters. The maximum Gasteiger partial charge on any atom is 0.252 e. The molecule has 7 heteroatoms. The second-order valence-electron chi connectivity index (χ2n) is 6.37. The van der Waals surface area contributed by atoms with Crippen LogP contribution in [0.25, 0.3) is 0 Å². The predicted molar refractivity (Wildman–Crippen MR) is 105 cm³/mol. The third kappa shape index (κ3) is 4.42. The van der Waals surface area contributed by atoms with Crippen molar-refractivity contribution in [1.82, 2.24) is 10.2 Å². The number of hydrogen-bond acceptors (Lipinski definition) is 5. The molecule has 1 N–H and O–H groups in total. The van der Waals surface area contributed by atoms with Crippen molar-refractivity contribution in [2.24, 2.45) is 0 Å². The number of ether oxygens (including phenoxy) is 2. The molecule has 144 valence electrons. The Labute approximate surface area is 163 Å². The zero-order valence-corrected chi connectivity index (χ0v) is 16.4. The number of methoxy groups -OCH3 is 2. The Balaban J connectivity index is 1.64. The monoisotopic (exact) mass is 388 g/mol. The van der Waals surface area contributed by atoms with Gasteiger partial charge in [-0.15, -0.1) is 0 Å². The number of rotatable bonds is 7. The van der Waals surface area contributed by atoms with Crippen molar-refractivity contribution in [3.63, 3.8) is 0 Å². The average Bonchev–Trinajstić information content (AvgIpc) is 3.39. The van der Waals surface area contributed by atoms with Gasteiger partial charge in [0.1, 0.15) is 11.5 Å². The standard InChI is InChI=1S/C20H24N2O4S/c1-25-15-5-6-18(26-2)16(12-15)17-4-3-10-22(17)19(23)7-9-21-20(24)14-8-11-27-13-14/h5-6,8,11-13,17H,3-4,7,9-10H2,1-2H3,(H,21,24). The lowest BCUT2D eigenvalue weighted by atomic mass is 10.0. The molecule has 1 aromatic carbocycles. The maximum atomic E-state index is 12.8. The first kappa shape index (κ1) is 19.2. The first-order chi connectivity index (χ1) is 13.1. The summed E-state index contributed by atoms with van der Waals surface area (Å²) in [4.78, 5) is 26.6. The summed E-state index contributed by atoms with van der Waals surface area (Å²) in [7, 11) is 3.26. The maximum absolute atomic E-state index is 12.8. The molecule has 0 aliphatic carbocycles. The highest BCUT2D eigenvalue weighted by atomic mass is 32.1. The summed E-state index contributed by atoms with van der Waals surface area (Å²) in [6, 6.07) is 7.40. The van der Waals surface area contributed by atoms with Gasteiger partial charge >= 0.3 is 0 Å². The average molecular weight is 388 g/mol. The molecule has 1 aromatic heterocycles. The molecular formula is C20H24N2O4S. The molecule has 1 aliphatic rings. The van der Waals surface area contributed by atoms with Crippen molar-refractivity contribution in [1.29, 1.82) is 0 Å². The summed E-state index contributed by atoms with van der Waals surface area (Å²) < 4.78 is 10.8. The summed E-state index contributed by atoms with van der Waals surface area (Å²) in [6.07, 6.45) is 2.10. The Morgan fingerprint density at radius 1 is 1.26 bits per heavy atom. The summed E-state index contributed by atoms with van der Waals surface area (Å²) in [5, 5.41) is 6.46. The SMILES string of the molecule is COc1ccc(OC)c(C2CCCN2C(=O)CCNC(=O)c2ccsc2)c1. The quantitative estimate of drug-likeness (QED) is 0.791. The van der Waals surface area contributed by atoms with E-state index in [9.17, 15) is 9.59 Å². The van der Waals surface area contributed by atoms with Crippen molar-refractivity contribution in [3.8, 4) is 11.5 Å². The Bertz CT molecular complexity index is 791. The van der Waals surface area contributed by atoms with E-state index in [1.54, 1.807) is 25.7 Å². The van der Waals surface area contributed by atoms with Crippen LogP contribution in [0.15, 0.2) is 35.0 Å². The fourth-order valence-electron chi connectivity index (χ4n) is 3.41. The van der Waals surface area contributed by atoms with E-state index in [0.717, 1.165) is 29.9 Å². The van der Waals surface area contributed by atoms with E-state index in [-0.39, 0.29) is 24.3 Å². The first-order valence-corrected chi connectivity index (χ1v) is 9.90. The van der Waals surface area contributed by atoms with Crippen LogP contribution in [0, 0.1) is 0 Å². The number of carbonyl (C=O) groups excluding carboxylic acids is 2. The van der Waals surface area contributed by atoms with Crippen LogP contribution in [0.5, 0.6) is 11.5 Å². The summed E-state index contributed by atoms with van der Waals surface area (Å²) in [5.41, 5.74) is 1.60. The highest BCUT2D eigenvalue weighted by molar-refractivity contribution is 7.08. The summed E-state index contributed by atoms with van der Waals surface area (Å²) in [6.45, 7) is 1.04. The van der Waals surface area contributed by atoms with Crippen LogP contribution in [0.3, 0.4) is 0 Å². The van der Waals surface area contributed by atoms with Gasteiger partial charge in [-0.2, -0.15) is 11.3 Å². The number of likely N-dealkylation sites (tertiary alicyclic amines) is 1. The Hall–Kier alpha value is -2.54. The van der Waals surface area contributed by atoms with E-state index in [0.29, 0.717) is 18.7 Å². The van der Waals surface area contributed by atoms with E-state index in [2.05, 4.69) is 5.32 Å². The van der Waals surface area contributed by atoms with E-state index in [1.165, 1.54) is 11.3 Å². The molecule has 3 rings (SSSR count). The molecule has 2 aromatic rings. The minimum atomic E-state index is -0.142. The van der Waals surface area contributed by atoms with Crippen molar-refractivity contribution >= 4 is 23.2 Å². The number of hydrogen-bond donors (Lipinski definition) is 1. The van der Waals surface area contributed by atoms with Gasteiger partial charge in [-0.1, -0.05) is 0 Å². The third-order valence-electron chi connectivity index (χ3n) is 4.78. The molecule has 1 unspecified atom stereocenters. The number of thiophene rings is 1. The predicted octanol–water partition coefficient (Wildman–Crippen LogP) is 3.25. The normalized spacial score (nSPS) is 16.2. The molecule has 0 radical (unpaired) electrons. The Morgan fingerprint density at radius 2 is 2.11 bits per heavy atom. The largest absolute Gasteiger partial charge is 0.497 e. The van der Waals surface area contributed by atoms with E-state index in [4.69, 9.17) is 9.47 Å². The van der Waals surface area contributed by atoms with Crippen molar-refractivity contribution < 1.29 is 19.1 Å². The Morgan fingerprint density at radius 3 is 2.81 bits per heavy atom. The van der Waals surface area contributed by atoms with Crippen LogP contribution < -0.4 is 14.8 Å². The van der Waals surface area contributed by atoms with Gasteiger partial charge in [-0.3, -0.25) is 9.59 Å². The molecular weight excluding hydrogens is 364 g/mol. The molecule has 6 nitrogen and oxygen atoms in total. The van der Waals surface area contributed by atoms with Crippen LogP contribution in [0.2, 0.25) is 0 Å². The number of nitrogens with zero attached hydrogens (tertiary/aromatic N) is 1. The van der Waals surface area contributed by atoms with Gasteiger partial charge < -0.3 is 19.7 Å². The van der Waals surface area contributed by atoms with Crippen LogP contribution >= 0.6 is 11.3 Å². The fourth-order valence-corrected chi connectivity index (χ4v) is 4.05. The lowest BCUT2D eigenvalue weighted by Gasteiger charge is -2.27. The minimum Gasteiger partial charge on any atom is -0.497 e. The molecule has 0 spiro atoms. The fraction of sp³-hybridized carbons (Fsp3) is 0.400. The second kappa shape index (κ2) is 8.90. The summed E-state index contributed by atoms with van der Waals surface area (Å²) >= 11 is 1.47. The molecule has 2 heterocycles. The smallest absolute Gasteiger partial charge is 0.252 e. The van der Waals surface area contributed by atoms with Crippen LogP contribution in [0.4, 0.5) is 0 Å². The van der Waals surface area contributed by atoms with Crippen molar-refractivity contribution in [2.75, 3.05) is 27.3 Å². The first-order valence-electron chi connectivity index (χ1n) is 8.96. The van der Waals surface area contributed by atoms with Crippen LogP contribution in [-0.4, -0.2) is 44.0 Å². The molecule has 0 saturated carbocycles. The van der Waals surface area contributed by atoms with Crippen molar-refractivity contribution in [2.45, 2.75) is 25.3 Å².